The van der Waals surface area contributed by atoms with E-state index in [4.69, 9.17) is 4.74 Å². The summed E-state index contributed by atoms with van der Waals surface area (Å²) in [6.45, 7) is 2.88. The Kier molecular flexibility index (Phi) is 6.12. The van der Waals surface area contributed by atoms with Crippen molar-refractivity contribution in [2.75, 3.05) is 13.7 Å². The zero-order valence-corrected chi connectivity index (χ0v) is 10.3. The molecule has 0 radical (unpaired) electrons. The molecular formula is C14H22O2. The van der Waals surface area contributed by atoms with Crippen LogP contribution in [0.1, 0.15) is 30.9 Å². The second kappa shape index (κ2) is 7.42. The average molecular weight is 222 g/mol. The van der Waals surface area contributed by atoms with E-state index in [1.54, 1.807) is 7.11 Å². The molecular weight excluding hydrogens is 200 g/mol. The Balaban J connectivity index is 2.34. The zero-order valence-electron chi connectivity index (χ0n) is 10.3. The molecule has 0 amide bonds. The van der Waals surface area contributed by atoms with Crippen LogP contribution in [0.25, 0.3) is 0 Å². The smallest absolute Gasteiger partial charge is 0.0581 e. The van der Waals surface area contributed by atoms with Crippen LogP contribution in [0.5, 0.6) is 0 Å². The van der Waals surface area contributed by atoms with E-state index in [0.29, 0.717) is 0 Å². The monoisotopic (exact) mass is 222 g/mol. The van der Waals surface area contributed by atoms with Crippen molar-refractivity contribution in [1.29, 1.82) is 0 Å². The van der Waals surface area contributed by atoms with Crippen LogP contribution in [0.2, 0.25) is 0 Å². The molecule has 0 aliphatic carbocycles. The van der Waals surface area contributed by atoms with Gasteiger partial charge in [0, 0.05) is 13.7 Å². The number of benzene rings is 1. The Labute approximate surface area is 98.3 Å². The fraction of sp³-hybridized carbons (Fsp3) is 0.571. The Morgan fingerprint density at radius 2 is 1.81 bits per heavy atom. The van der Waals surface area contributed by atoms with Gasteiger partial charge in [-0.05, 0) is 36.8 Å². The van der Waals surface area contributed by atoms with E-state index in [-0.39, 0.29) is 6.10 Å². The number of aliphatic hydroxyl groups excluding tert-OH is 1. The molecule has 1 N–H and O–H groups in total. The Morgan fingerprint density at radius 1 is 1.19 bits per heavy atom. The van der Waals surface area contributed by atoms with Crippen molar-refractivity contribution >= 4 is 0 Å². The van der Waals surface area contributed by atoms with Crippen molar-refractivity contribution in [3.8, 4) is 0 Å². The van der Waals surface area contributed by atoms with Gasteiger partial charge in [-0.15, -0.1) is 0 Å². The number of aryl methyl sites for hydroxylation is 1. The highest BCUT2D eigenvalue weighted by molar-refractivity contribution is 5.22. The van der Waals surface area contributed by atoms with Crippen LogP contribution >= 0.6 is 0 Å². The number of aliphatic hydroxyl groups is 1. The van der Waals surface area contributed by atoms with Crippen molar-refractivity contribution in [3.63, 3.8) is 0 Å². The summed E-state index contributed by atoms with van der Waals surface area (Å²) in [5.74, 6) is 0. The lowest BCUT2D eigenvalue weighted by atomic mass is 10.0. The van der Waals surface area contributed by atoms with Gasteiger partial charge in [-0.3, -0.25) is 0 Å². The predicted molar refractivity (Wildman–Crippen MR) is 66.6 cm³/mol. The summed E-state index contributed by atoms with van der Waals surface area (Å²) < 4.78 is 4.96. The second-order valence-electron chi connectivity index (χ2n) is 4.16. The minimum Gasteiger partial charge on any atom is -0.393 e. The first-order valence-corrected chi connectivity index (χ1v) is 6.01. The molecule has 1 aromatic rings. The number of ether oxygens (including phenoxy) is 1. The Hall–Kier alpha value is -0.860. The lowest BCUT2D eigenvalue weighted by Crippen LogP contribution is -2.11. The van der Waals surface area contributed by atoms with Crippen LogP contribution in [0.3, 0.4) is 0 Å². The molecule has 0 spiro atoms. The van der Waals surface area contributed by atoms with Gasteiger partial charge < -0.3 is 9.84 Å². The zero-order chi connectivity index (χ0) is 11.8. The quantitative estimate of drug-likeness (QED) is 0.718. The summed E-state index contributed by atoms with van der Waals surface area (Å²) in [7, 11) is 1.69. The third-order valence-electron chi connectivity index (χ3n) is 2.79. The minimum absolute atomic E-state index is 0.248. The topological polar surface area (TPSA) is 29.5 Å². The first-order chi connectivity index (χ1) is 7.76. The van der Waals surface area contributed by atoms with Crippen LogP contribution in [0.4, 0.5) is 0 Å². The maximum absolute atomic E-state index is 9.80. The van der Waals surface area contributed by atoms with Gasteiger partial charge in [0.25, 0.3) is 0 Å². The van der Waals surface area contributed by atoms with E-state index >= 15 is 0 Å². The fourth-order valence-corrected chi connectivity index (χ4v) is 1.75. The predicted octanol–water partition coefficient (Wildman–Crippen LogP) is 2.58. The van der Waals surface area contributed by atoms with E-state index in [0.717, 1.165) is 32.3 Å². The van der Waals surface area contributed by atoms with E-state index in [9.17, 15) is 5.11 Å². The molecule has 0 fully saturated rings. The van der Waals surface area contributed by atoms with Crippen molar-refractivity contribution in [2.24, 2.45) is 0 Å². The number of hydrogen-bond acceptors (Lipinski definition) is 2. The lowest BCUT2D eigenvalue weighted by molar-refractivity contribution is 0.135. The molecule has 1 unspecified atom stereocenters. The molecule has 0 bridgehead atoms. The van der Waals surface area contributed by atoms with Gasteiger partial charge in [0.05, 0.1) is 6.10 Å². The molecule has 90 valence electrons. The van der Waals surface area contributed by atoms with Gasteiger partial charge in [0.2, 0.25) is 0 Å². The van der Waals surface area contributed by atoms with E-state index in [2.05, 4.69) is 31.2 Å². The maximum atomic E-state index is 9.80. The molecule has 0 aliphatic heterocycles. The molecule has 1 aromatic carbocycles. The third kappa shape index (κ3) is 4.77. The molecule has 1 atom stereocenters. The highest BCUT2D eigenvalue weighted by Gasteiger charge is 2.05. The highest BCUT2D eigenvalue weighted by atomic mass is 16.5. The largest absolute Gasteiger partial charge is 0.393 e. The number of methoxy groups -OCH3 is 1. The molecule has 0 aromatic heterocycles. The van der Waals surface area contributed by atoms with Crippen molar-refractivity contribution < 1.29 is 9.84 Å². The normalized spacial score (nSPS) is 12.7. The summed E-state index contributed by atoms with van der Waals surface area (Å²) in [6.07, 6.45) is 3.29. The summed E-state index contributed by atoms with van der Waals surface area (Å²) in [6, 6.07) is 8.49. The molecule has 0 aliphatic rings. The van der Waals surface area contributed by atoms with Crippen LogP contribution < -0.4 is 0 Å². The SMILES string of the molecule is CCc1ccc(CC(O)CCCOC)cc1. The van der Waals surface area contributed by atoms with E-state index in [1.807, 2.05) is 0 Å². The van der Waals surface area contributed by atoms with Crippen molar-refractivity contribution in [3.05, 3.63) is 35.4 Å². The van der Waals surface area contributed by atoms with Crippen LogP contribution in [0, 0.1) is 0 Å². The summed E-state index contributed by atoms with van der Waals surface area (Å²) in [5, 5.41) is 9.80. The Morgan fingerprint density at radius 3 is 2.38 bits per heavy atom. The summed E-state index contributed by atoms with van der Waals surface area (Å²) in [5.41, 5.74) is 2.56. The minimum atomic E-state index is -0.248. The molecule has 16 heavy (non-hydrogen) atoms. The average Bonchev–Trinajstić information content (AvgIpc) is 2.30. The maximum Gasteiger partial charge on any atom is 0.0581 e. The molecule has 2 heteroatoms. The first-order valence-electron chi connectivity index (χ1n) is 6.01. The van der Waals surface area contributed by atoms with Crippen LogP contribution in [-0.2, 0) is 17.6 Å². The van der Waals surface area contributed by atoms with Gasteiger partial charge in [0.1, 0.15) is 0 Å². The van der Waals surface area contributed by atoms with Gasteiger partial charge >= 0.3 is 0 Å². The molecule has 0 saturated heterocycles. The van der Waals surface area contributed by atoms with Crippen molar-refractivity contribution in [1.82, 2.24) is 0 Å². The third-order valence-corrected chi connectivity index (χ3v) is 2.79. The summed E-state index contributed by atoms with van der Waals surface area (Å²) in [4.78, 5) is 0. The standard InChI is InChI=1S/C14H22O2/c1-3-12-6-8-13(9-7-12)11-14(15)5-4-10-16-2/h6-9,14-15H,3-5,10-11H2,1-2H3. The van der Waals surface area contributed by atoms with Gasteiger partial charge in [0.15, 0.2) is 0 Å². The second-order valence-corrected chi connectivity index (χ2v) is 4.16. The van der Waals surface area contributed by atoms with E-state index < -0.39 is 0 Å². The van der Waals surface area contributed by atoms with E-state index in [1.165, 1.54) is 11.1 Å². The van der Waals surface area contributed by atoms with Gasteiger partial charge in [-0.25, -0.2) is 0 Å². The molecule has 2 nitrogen and oxygen atoms in total. The van der Waals surface area contributed by atoms with Crippen LogP contribution in [0.15, 0.2) is 24.3 Å². The van der Waals surface area contributed by atoms with Gasteiger partial charge in [-0.2, -0.15) is 0 Å². The highest BCUT2D eigenvalue weighted by Crippen LogP contribution is 2.10. The van der Waals surface area contributed by atoms with Gasteiger partial charge in [-0.1, -0.05) is 31.2 Å². The molecule has 1 rings (SSSR count). The van der Waals surface area contributed by atoms with Crippen molar-refractivity contribution in [2.45, 2.75) is 38.7 Å². The fourth-order valence-electron chi connectivity index (χ4n) is 1.75. The molecule has 0 heterocycles. The summed E-state index contributed by atoms with van der Waals surface area (Å²) >= 11 is 0. The first kappa shape index (κ1) is 13.2. The van der Waals surface area contributed by atoms with Crippen LogP contribution in [-0.4, -0.2) is 24.9 Å². The number of hydrogen-bond donors (Lipinski definition) is 1. The lowest BCUT2D eigenvalue weighted by Gasteiger charge is -2.10. The molecule has 0 saturated carbocycles. The number of rotatable bonds is 7. The Bertz CT molecular complexity index is 279.